The highest BCUT2D eigenvalue weighted by molar-refractivity contribution is 5.94. The Morgan fingerprint density at radius 1 is 1.29 bits per heavy atom. The van der Waals surface area contributed by atoms with Crippen LogP contribution in [0.2, 0.25) is 0 Å². The predicted molar refractivity (Wildman–Crippen MR) is 91.8 cm³/mol. The molecule has 2 aromatic rings. The first-order valence-electron chi connectivity index (χ1n) is 8.33. The predicted octanol–water partition coefficient (Wildman–Crippen LogP) is 1.74. The first-order valence-corrected chi connectivity index (χ1v) is 8.33. The van der Waals surface area contributed by atoms with Crippen LogP contribution in [0.15, 0.2) is 36.7 Å². The van der Waals surface area contributed by atoms with Gasteiger partial charge in [0.05, 0.1) is 6.04 Å². The molecule has 2 aromatic heterocycles. The fourth-order valence-electron chi connectivity index (χ4n) is 3.20. The van der Waals surface area contributed by atoms with Crippen LogP contribution in [0.5, 0.6) is 0 Å². The largest absolute Gasteiger partial charge is 0.349 e. The fraction of sp³-hybridized carbons (Fsp3) is 0.444. The lowest BCUT2D eigenvalue weighted by molar-refractivity contribution is 0.0553. The first-order chi connectivity index (χ1) is 11.5. The van der Waals surface area contributed by atoms with Crippen molar-refractivity contribution in [3.05, 3.63) is 48.0 Å². The number of fused-ring (bicyclic) bond motifs is 1. The summed E-state index contributed by atoms with van der Waals surface area (Å²) in [7, 11) is 1.84. The topological polar surface area (TPSA) is 59.3 Å². The number of amides is 2. The fourth-order valence-corrected chi connectivity index (χ4v) is 3.20. The Labute approximate surface area is 142 Å². The molecule has 2 amide bonds. The number of hydrogen-bond acceptors (Lipinski definition) is 2. The number of carbonyl (C=O) groups excluding carboxylic acids is 2. The molecule has 3 rings (SSSR count). The quantitative estimate of drug-likeness (QED) is 0.909. The van der Waals surface area contributed by atoms with Crippen LogP contribution >= 0.6 is 0 Å². The van der Waals surface area contributed by atoms with Crippen molar-refractivity contribution >= 4 is 11.8 Å². The van der Waals surface area contributed by atoms with E-state index in [4.69, 9.17) is 0 Å². The van der Waals surface area contributed by atoms with Gasteiger partial charge >= 0.3 is 0 Å². The summed E-state index contributed by atoms with van der Waals surface area (Å²) in [5.74, 6) is 0.303. The second-order valence-electron chi connectivity index (χ2n) is 6.77. The summed E-state index contributed by atoms with van der Waals surface area (Å²) in [5.41, 5.74) is 1.34. The molecule has 0 fully saturated rings. The first kappa shape index (κ1) is 16.4. The lowest BCUT2D eigenvalue weighted by Gasteiger charge is -2.37. The van der Waals surface area contributed by atoms with Gasteiger partial charge in [0.15, 0.2) is 0 Å². The average molecular weight is 328 g/mol. The Morgan fingerprint density at radius 2 is 2.04 bits per heavy atom. The number of carbonyl (C=O) groups is 2. The van der Waals surface area contributed by atoms with E-state index in [1.54, 1.807) is 10.6 Å². The molecular weight excluding hydrogens is 304 g/mol. The number of nitrogens with zero attached hydrogens (tertiary/aromatic N) is 3. The lowest BCUT2D eigenvalue weighted by Crippen LogP contribution is -2.53. The van der Waals surface area contributed by atoms with Crippen molar-refractivity contribution in [1.29, 1.82) is 0 Å². The molecule has 0 saturated carbocycles. The zero-order valence-corrected chi connectivity index (χ0v) is 14.4. The average Bonchev–Trinajstić information content (AvgIpc) is 3.16. The lowest BCUT2D eigenvalue weighted by atomic mass is 10.1. The van der Waals surface area contributed by atoms with E-state index in [-0.39, 0.29) is 17.9 Å². The number of aryl methyl sites for hydroxylation is 1. The monoisotopic (exact) mass is 328 g/mol. The van der Waals surface area contributed by atoms with Crippen LogP contribution in [0.1, 0.15) is 34.8 Å². The van der Waals surface area contributed by atoms with E-state index in [9.17, 15) is 9.59 Å². The van der Waals surface area contributed by atoms with Gasteiger partial charge in [-0.25, -0.2) is 0 Å². The van der Waals surface area contributed by atoms with Gasteiger partial charge in [-0.15, -0.1) is 0 Å². The van der Waals surface area contributed by atoms with Crippen LogP contribution in [-0.4, -0.2) is 45.0 Å². The third kappa shape index (κ3) is 3.09. The summed E-state index contributed by atoms with van der Waals surface area (Å²) < 4.78 is 3.76. The van der Waals surface area contributed by atoms with Crippen molar-refractivity contribution in [2.75, 3.05) is 13.1 Å². The van der Waals surface area contributed by atoms with Crippen molar-refractivity contribution in [3.8, 4) is 0 Å². The molecule has 0 spiro atoms. The molecule has 0 aliphatic carbocycles. The van der Waals surface area contributed by atoms with Crippen molar-refractivity contribution in [2.24, 2.45) is 13.0 Å². The van der Waals surface area contributed by atoms with Gasteiger partial charge in [-0.05, 0) is 30.2 Å². The van der Waals surface area contributed by atoms with Crippen LogP contribution in [0.25, 0.3) is 0 Å². The summed E-state index contributed by atoms with van der Waals surface area (Å²) in [6.45, 7) is 6.03. The minimum absolute atomic E-state index is 0.0379. The van der Waals surface area contributed by atoms with Crippen LogP contribution < -0.4 is 5.32 Å². The zero-order valence-electron chi connectivity index (χ0n) is 14.4. The summed E-state index contributed by atoms with van der Waals surface area (Å²) in [4.78, 5) is 27.0. The molecule has 0 aromatic carbocycles. The highest BCUT2D eigenvalue weighted by Crippen LogP contribution is 2.19. The Bertz CT molecular complexity index is 744. The van der Waals surface area contributed by atoms with Crippen LogP contribution in [0.4, 0.5) is 0 Å². The number of aromatic nitrogens is 2. The van der Waals surface area contributed by atoms with Gasteiger partial charge in [0.1, 0.15) is 11.4 Å². The van der Waals surface area contributed by atoms with E-state index in [0.717, 1.165) is 5.69 Å². The normalized spacial score (nSPS) is 17.2. The Kier molecular flexibility index (Phi) is 4.46. The molecule has 0 bridgehead atoms. The molecule has 1 aliphatic rings. The van der Waals surface area contributed by atoms with E-state index >= 15 is 0 Å². The van der Waals surface area contributed by atoms with E-state index < -0.39 is 0 Å². The van der Waals surface area contributed by atoms with Gasteiger partial charge in [-0.3, -0.25) is 9.59 Å². The summed E-state index contributed by atoms with van der Waals surface area (Å²) in [5, 5.41) is 2.98. The highest BCUT2D eigenvalue weighted by atomic mass is 16.2. The molecule has 1 aliphatic heterocycles. The molecule has 6 nitrogen and oxygen atoms in total. The SMILES string of the molecule is CC(C)CN1C(=O)c2cccn2CC1CNC(=O)c1cccn1C. The van der Waals surface area contributed by atoms with E-state index in [0.29, 0.717) is 31.2 Å². The van der Waals surface area contributed by atoms with Crippen molar-refractivity contribution in [1.82, 2.24) is 19.4 Å². The third-order valence-electron chi connectivity index (χ3n) is 4.39. The van der Waals surface area contributed by atoms with Crippen LogP contribution in [0, 0.1) is 5.92 Å². The molecule has 0 radical (unpaired) electrons. The van der Waals surface area contributed by atoms with Gasteiger partial charge in [-0.1, -0.05) is 13.8 Å². The maximum absolute atomic E-state index is 12.7. The standard InChI is InChI=1S/C18H24N4O2/c1-13(2)11-22-14(12-21-9-5-7-16(21)18(22)24)10-19-17(23)15-6-4-8-20(15)3/h4-9,13-14H,10-12H2,1-3H3,(H,19,23). The highest BCUT2D eigenvalue weighted by Gasteiger charge is 2.32. The third-order valence-corrected chi connectivity index (χ3v) is 4.39. The van der Waals surface area contributed by atoms with Gasteiger partial charge in [0.2, 0.25) is 0 Å². The summed E-state index contributed by atoms with van der Waals surface area (Å²) >= 11 is 0. The van der Waals surface area contributed by atoms with Crippen LogP contribution in [0.3, 0.4) is 0 Å². The van der Waals surface area contributed by atoms with Gasteiger partial charge in [0.25, 0.3) is 11.8 Å². The molecule has 128 valence electrons. The number of nitrogens with one attached hydrogen (secondary N) is 1. The Balaban J connectivity index is 1.74. The molecule has 6 heteroatoms. The van der Waals surface area contributed by atoms with Crippen molar-refractivity contribution in [2.45, 2.75) is 26.4 Å². The molecular formula is C18H24N4O2. The molecule has 24 heavy (non-hydrogen) atoms. The molecule has 0 saturated heterocycles. The maximum atomic E-state index is 12.7. The molecule has 1 N–H and O–H groups in total. The van der Waals surface area contributed by atoms with E-state index in [1.807, 2.05) is 47.1 Å². The second kappa shape index (κ2) is 6.55. The summed E-state index contributed by atoms with van der Waals surface area (Å²) in [6, 6.07) is 7.34. The Morgan fingerprint density at radius 3 is 2.71 bits per heavy atom. The number of hydrogen-bond donors (Lipinski definition) is 1. The zero-order chi connectivity index (χ0) is 17.3. The smallest absolute Gasteiger partial charge is 0.270 e. The van der Waals surface area contributed by atoms with E-state index in [1.165, 1.54) is 0 Å². The van der Waals surface area contributed by atoms with Gasteiger partial charge in [0, 0.05) is 39.1 Å². The molecule has 3 heterocycles. The number of rotatable bonds is 5. The van der Waals surface area contributed by atoms with Crippen LogP contribution in [-0.2, 0) is 13.6 Å². The van der Waals surface area contributed by atoms with Crippen molar-refractivity contribution in [3.63, 3.8) is 0 Å². The van der Waals surface area contributed by atoms with Gasteiger partial charge < -0.3 is 19.4 Å². The Hall–Kier alpha value is -2.50. The minimum Gasteiger partial charge on any atom is -0.349 e. The molecule has 1 atom stereocenters. The maximum Gasteiger partial charge on any atom is 0.270 e. The summed E-state index contributed by atoms with van der Waals surface area (Å²) in [6.07, 6.45) is 3.77. The van der Waals surface area contributed by atoms with E-state index in [2.05, 4.69) is 19.2 Å². The second-order valence-corrected chi connectivity index (χ2v) is 6.77. The van der Waals surface area contributed by atoms with Gasteiger partial charge in [-0.2, -0.15) is 0 Å². The molecule has 1 unspecified atom stereocenters. The van der Waals surface area contributed by atoms with Crippen molar-refractivity contribution < 1.29 is 9.59 Å². The minimum atomic E-state index is -0.113.